The highest BCUT2D eigenvalue weighted by atomic mass is 19.1. The van der Waals surface area contributed by atoms with Gasteiger partial charge in [0.25, 0.3) is 0 Å². The maximum atomic E-state index is 15.8. The molecule has 0 aromatic heterocycles. The van der Waals surface area contributed by atoms with Crippen LogP contribution in [0.25, 0.3) is 0 Å². The average molecular weight is 526 g/mol. The Hall–Kier alpha value is -4.31. The van der Waals surface area contributed by atoms with Crippen LogP contribution in [0.4, 0.5) is 8.78 Å². The van der Waals surface area contributed by atoms with Crippen molar-refractivity contribution in [3.05, 3.63) is 106 Å². The minimum absolute atomic E-state index is 0.0702. The topological polar surface area (TPSA) is 90.5 Å². The molecule has 2 aliphatic heterocycles. The molecule has 2 aliphatic rings. The van der Waals surface area contributed by atoms with E-state index in [1.54, 1.807) is 44.1 Å². The van der Waals surface area contributed by atoms with Crippen LogP contribution in [-0.4, -0.2) is 41.6 Å². The van der Waals surface area contributed by atoms with E-state index < -0.39 is 17.4 Å². The lowest BCUT2D eigenvalue weighted by Crippen LogP contribution is -2.53. The van der Waals surface area contributed by atoms with Crippen molar-refractivity contribution in [2.24, 2.45) is 11.0 Å². The van der Waals surface area contributed by atoms with Crippen molar-refractivity contribution in [3.63, 3.8) is 0 Å². The largest absolute Gasteiger partial charge is 0.292 e. The summed E-state index contributed by atoms with van der Waals surface area (Å²) < 4.78 is 30.6. The van der Waals surface area contributed by atoms with E-state index in [4.69, 9.17) is 0 Å². The second-order valence-electron chi connectivity index (χ2n) is 10.6. The number of likely N-dealkylation sites (tertiary alicyclic amines) is 1. The number of nitriles is 2. The molecule has 2 atom stereocenters. The van der Waals surface area contributed by atoms with Crippen molar-refractivity contribution < 1.29 is 8.78 Å². The number of halogens is 2. The van der Waals surface area contributed by atoms with Crippen LogP contribution in [0.15, 0.2) is 71.8 Å². The van der Waals surface area contributed by atoms with Crippen molar-refractivity contribution in [2.75, 3.05) is 20.1 Å². The highest BCUT2D eigenvalue weighted by molar-refractivity contribution is 5.99. The van der Waals surface area contributed by atoms with Gasteiger partial charge in [0.05, 0.1) is 29.3 Å². The summed E-state index contributed by atoms with van der Waals surface area (Å²) in [6.07, 6.45) is 0. The van der Waals surface area contributed by atoms with Gasteiger partial charge in [-0.15, -0.1) is 10.6 Å². The Kier molecular flexibility index (Phi) is 7.05. The van der Waals surface area contributed by atoms with E-state index in [1.807, 2.05) is 36.4 Å². The number of amidine groups is 1. The molecule has 0 radical (unpaired) electrons. The van der Waals surface area contributed by atoms with Crippen LogP contribution in [-0.2, 0) is 0 Å². The fourth-order valence-corrected chi connectivity index (χ4v) is 5.79. The zero-order chi connectivity index (χ0) is 27.7. The molecule has 1 fully saturated rings. The predicted octanol–water partition coefficient (Wildman–Crippen LogP) is 4.74. The number of hydrogen-bond donors (Lipinski definition) is 2. The monoisotopic (exact) mass is 525 g/mol. The standard InChI is InChI=1S/C30H29F2N7/c1-30(2,32)27(23-12-24(14-26(31)13-23)29-35-36-37-38(29)3)25-17-39(18-25)28(21-9-7-19(15-33)8-10-21)22-6-4-5-20(11-22)16-34/h4-14,25,27-28,36-37H,17-18H2,1-3H3. The molecule has 0 aliphatic carbocycles. The Bertz CT molecular complexity index is 1470. The average Bonchev–Trinajstić information content (AvgIpc) is 3.32. The van der Waals surface area contributed by atoms with Gasteiger partial charge in [-0.3, -0.25) is 9.91 Å². The Labute approximate surface area is 226 Å². The van der Waals surface area contributed by atoms with E-state index in [1.165, 1.54) is 12.1 Å². The van der Waals surface area contributed by atoms with Crippen molar-refractivity contribution in [1.82, 2.24) is 21.0 Å². The van der Waals surface area contributed by atoms with Crippen LogP contribution in [0.2, 0.25) is 0 Å². The maximum absolute atomic E-state index is 15.8. The van der Waals surface area contributed by atoms with E-state index >= 15 is 4.39 Å². The number of rotatable bonds is 7. The van der Waals surface area contributed by atoms with Gasteiger partial charge in [0.1, 0.15) is 11.5 Å². The third kappa shape index (κ3) is 5.33. The zero-order valence-electron chi connectivity index (χ0n) is 22.0. The summed E-state index contributed by atoms with van der Waals surface area (Å²) in [4.78, 5) is 2.24. The molecule has 39 heavy (non-hydrogen) atoms. The molecule has 2 heterocycles. The van der Waals surface area contributed by atoms with Gasteiger partial charge >= 0.3 is 0 Å². The van der Waals surface area contributed by atoms with Crippen molar-refractivity contribution in [3.8, 4) is 12.1 Å². The van der Waals surface area contributed by atoms with Crippen molar-refractivity contribution in [2.45, 2.75) is 31.5 Å². The summed E-state index contributed by atoms with van der Waals surface area (Å²) in [5.41, 5.74) is 8.06. The lowest BCUT2D eigenvalue weighted by molar-refractivity contribution is 0.00812. The Morgan fingerprint density at radius 1 is 0.949 bits per heavy atom. The normalized spacial score (nSPS) is 17.4. The van der Waals surface area contributed by atoms with Crippen LogP contribution in [0.1, 0.15) is 59.2 Å². The van der Waals surface area contributed by atoms with Crippen molar-refractivity contribution in [1.29, 1.82) is 10.5 Å². The first-order valence-corrected chi connectivity index (χ1v) is 12.7. The van der Waals surface area contributed by atoms with E-state index in [-0.39, 0.29) is 12.0 Å². The Balaban J connectivity index is 1.46. The maximum Gasteiger partial charge on any atom is 0.172 e. The molecule has 0 spiro atoms. The molecule has 7 nitrogen and oxygen atoms in total. The zero-order valence-corrected chi connectivity index (χ0v) is 22.0. The fourth-order valence-electron chi connectivity index (χ4n) is 5.79. The second kappa shape index (κ2) is 10.5. The molecule has 0 amide bonds. The highest BCUT2D eigenvalue weighted by Gasteiger charge is 2.45. The SMILES string of the molecule is CN1NNN=C1c1cc(F)cc(C(C2CN(C(c3ccc(C#N)cc3)c3cccc(C#N)c3)C2)C(C)(C)F)c1. The van der Waals surface area contributed by atoms with Gasteiger partial charge in [-0.1, -0.05) is 24.3 Å². The summed E-state index contributed by atoms with van der Waals surface area (Å²) in [6, 6.07) is 23.7. The molecule has 9 heteroatoms. The lowest BCUT2D eigenvalue weighted by atomic mass is 9.72. The number of alkyl halides is 1. The van der Waals surface area contributed by atoms with E-state index in [2.05, 4.69) is 33.2 Å². The predicted molar refractivity (Wildman–Crippen MR) is 144 cm³/mol. The van der Waals surface area contributed by atoms with Crippen LogP contribution in [0.5, 0.6) is 0 Å². The van der Waals surface area contributed by atoms with Crippen LogP contribution in [0, 0.1) is 34.4 Å². The molecule has 1 saturated heterocycles. The molecular formula is C30H29F2N7. The van der Waals surface area contributed by atoms with E-state index in [9.17, 15) is 14.9 Å². The summed E-state index contributed by atoms with van der Waals surface area (Å²) in [6.45, 7) is 4.24. The Morgan fingerprint density at radius 3 is 2.28 bits per heavy atom. The first-order valence-electron chi connectivity index (χ1n) is 12.7. The number of nitrogens with zero attached hydrogens (tertiary/aromatic N) is 5. The minimum atomic E-state index is -1.60. The van der Waals surface area contributed by atoms with Crippen LogP contribution >= 0.6 is 0 Å². The van der Waals surface area contributed by atoms with Gasteiger partial charge in [-0.2, -0.15) is 10.5 Å². The van der Waals surface area contributed by atoms with Gasteiger partial charge in [-0.05, 0) is 78.9 Å². The fraction of sp³-hybridized carbons (Fsp3) is 0.300. The second-order valence-corrected chi connectivity index (χ2v) is 10.6. The number of hydrazine groups is 2. The number of nitrogens with one attached hydrogen (secondary N) is 2. The smallest absolute Gasteiger partial charge is 0.172 e. The lowest BCUT2D eigenvalue weighted by Gasteiger charge is -2.50. The van der Waals surface area contributed by atoms with Gasteiger partial charge in [0.15, 0.2) is 5.84 Å². The van der Waals surface area contributed by atoms with E-state index in [0.717, 1.165) is 11.1 Å². The molecular weight excluding hydrogens is 496 g/mol. The summed E-state index contributed by atoms with van der Waals surface area (Å²) >= 11 is 0. The summed E-state index contributed by atoms with van der Waals surface area (Å²) in [7, 11) is 1.76. The summed E-state index contributed by atoms with van der Waals surface area (Å²) in [5.74, 6) is -0.554. The molecule has 0 saturated carbocycles. The highest BCUT2D eigenvalue weighted by Crippen LogP contribution is 2.45. The quantitative estimate of drug-likeness (QED) is 0.463. The third-order valence-electron chi connectivity index (χ3n) is 7.44. The van der Waals surface area contributed by atoms with Gasteiger partial charge in [0, 0.05) is 31.6 Å². The number of benzene rings is 3. The Morgan fingerprint density at radius 2 is 1.67 bits per heavy atom. The molecule has 3 aromatic carbocycles. The van der Waals surface area contributed by atoms with Crippen LogP contribution < -0.4 is 11.1 Å². The summed E-state index contributed by atoms with van der Waals surface area (Å²) in [5, 5.41) is 24.5. The van der Waals surface area contributed by atoms with Crippen LogP contribution in [0.3, 0.4) is 0 Å². The molecule has 2 N–H and O–H groups in total. The molecule has 0 bridgehead atoms. The number of hydrazone groups is 1. The molecule has 5 rings (SSSR count). The van der Waals surface area contributed by atoms with Crippen molar-refractivity contribution >= 4 is 5.84 Å². The van der Waals surface area contributed by atoms with Gasteiger partial charge in [0.2, 0.25) is 0 Å². The molecule has 198 valence electrons. The third-order valence-corrected chi connectivity index (χ3v) is 7.44. The minimum Gasteiger partial charge on any atom is -0.292 e. The molecule has 3 aromatic rings. The first kappa shape index (κ1) is 26.3. The van der Waals surface area contributed by atoms with Gasteiger partial charge < -0.3 is 0 Å². The van der Waals surface area contributed by atoms with E-state index in [0.29, 0.717) is 41.2 Å². The van der Waals surface area contributed by atoms with Gasteiger partial charge in [-0.25, -0.2) is 14.3 Å². The first-order chi connectivity index (χ1) is 18.7. The molecule has 2 unspecified atom stereocenters. The number of hydrogen-bond acceptors (Lipinski definition) is 7.